The van der Waals surface area contributed by atoms with Gasteiger partial charge >= 0.3 is 0 Å². The van der Waals surface area contributed by atoms with E-state index in [0.29, 0.717) is 14.2 Å². The summed E-state index contributed by atoms with van der Waals surface area (Å²) in [6.45, 7) is 4.36. The summed E-state index contributed by atoms with van der Waals surface area (Å²) in [6, 6.07) is 0.395. The van der Waals surface area contributed by atoms with Crippen molar-refractivity contribution in [2.45, 2.75) is 61.7 Å². The van der Waals surface area contributed by atoms with Crippen LogP contribution < -0.4 is 0 Å². The molecule has 0 N–H and O–H groups in total. The smallest absolute Gasteiger partial charge is 0.269 e. The van der Waals surface area contributed by atoms with E-state index in [0.717, 1.165) is 18.6 Å². The van der Waals surface area contributed by atoms with Crippen LogP contribution in [0.25, 0.3) is 0 Å². The van der Waals surface area contributed by atoms with Crippen molar-refractivity contribution in [3.8, 4) is 0 Å². The lowest BCUT2D eigenvalue weighted by Gasteiger charge is -2.20. The first-order chi connectivity index (χ1) is 8.41. The average Bonchev–Trinajstić information content (AvgIpc) is 2.54. The molecular weight excluding hydrogens is 356 g/mol. The quantitative estimate of drug-likeness (QED) is 0.321. The molecule has 1 aromatic heterocycles. The second-order valence-corrected chi connectivity index (χ2v) is 8.81. The van der Waals surface area contributed by atoms with Gasteiger partial charge in [0.25, 0.3) is 4.84 Å². The molecule has 0 amide bonds. The summed E-state index contributed by atoms with van der Waals surface area (Å²) in [6.07, 6.45) is 7.27. The summed E-state index contributed by atoms with van der Waals surface area (Å²) in [4.78, 5) is 0.655. The van der Waals surface area contributed by atoms with Gasteiger partial charge in [-0.3, -0.25) is 0 Å². The fourth-order valence-electron chi connectivity index (χ4n) is 2.76. The van der Waals surface area contributed by atoms with Gasteiger partial charge in [-0.15, -0.1) is 0 Å². The number of halogens is 1. The Bertz CT molecular complexity index is 478. The molecule has 0 radical (unpaired) electrons. The van der Waals surface area contributed by atoms with Crippen molar-refractivity contribution in [3.05, 3.63) is 16.3 Å². The molecule has 5 heteroatoms. The molecule has 100 valence electrons. The van der Waals surface area contributed by atoms with E-state index in [1.165, 1.54) is 31.4 Å². The molecular formula is C13H21BINOS. The van der Waals surface area contributed by atoms with Crippen LogP contribution in [0.4, 0.5) is 0 Å². The van der Waals surface area contributed by atoms with Crippen LogP contribution >= 0.6 is 34.8 Å². The number of hydrogen-bond donors (Lipinski definition) is 0. The Labute approximate surface area is 129 Å². The predicted octanol–water partition coefficient (Wildman–Crippen LogP) is 3.81. The minimum atomic E-state index is 0.297. The number of hydrogen-bond acceptors (Lipinski definition) is 2. The lowest BCUT2D eigenvalue weighted by Crippen LogP contribution is -2.24. The maximum Gasteiger partial charge on any atom is 0.269 e. The summed E-state index contributed by atoms with van der Waals surface area (Å²) in [5.41, 5.74) is 1.35. The van der Waals surface area contributed by atoms with Gasteiger partial charge in [0.2, 0.25) is 0 Å². The lowest BCUT2D eigenvalue weighted by atomic mass is 9.79. The van der Waals surface area contributed by atoms with Gasteiger partial charge in [-0.2, -0.15) is 0 Å². The summed E-state index contributed by atoms with van der Waals surface area (Å²) in [5.74, 6) is 1.13. The van der Waals surface area contributed by atoms with Crippen molar-refractivity contribution in [2.75, 3.05) is 0 Å². The van der Waals surface area contributed by atoms with Gasteiger partial charge in [0, 0.05) is 12.5 Å². The van der Waals surface area contributed by atoms with Gasteiger partial charge in [-0.1, -0.05) is 35.4 Å². The maximum atomic E-state index is 5.90. The molecule has 0 aromatic carbocycles. The normalized spacial score (nSPS) is 25.3. The van der Waals surface area contributed by atoms with Crippen LogP contribution in [0.2, 0.25) is 0 Å². The highest BCUT2D eigenvalue weighted by Crippen LogP contribution is 2.32. The Morgan fingerprint density at radius 3 is 2.78 bits per heavy atom. The van der Waals surface area contributed by atoms with E-state index in [1.54, 1.807) is 0 Å². The maximum absolute atomic E-state index is 5.90. The van der Waals surface area contributed by atoms with Crippen LogP contribution in [-0.2, 0) is 12.8 Å². The minimum Gasteiger partial charge on any atom is -0.434 e. The van der Waals surface area contributed by atoms with Crippen LogP contribution in [-0.4, -0.2) is 15.7 Å². The van der Waals surface area contributed by atoms with Crippen LogP contribution in [0.3, 0.4) is 0 Å². The third-order valence-electron chi connectivity index (χ3n) is 3.68. The SMILES string of the molecule is BC1(I)CCCCCc2c(oc(=S)n2C(C)C)C1. The zero-order chi connectivity index (χ0) is 13.3. The third-order valence-corrected chi connectivity index (χ3v) is 4.88. The van der Waals surface area contributed by atoms with Gasteiger partial charge in [0.05, 0.1) is 5.69 Å². The molecule has 0 saturated heterocycles. The van der Waals surface area contributed by atoms with Crippen molar-refractivity contribution < 1.29 is 4.42 Å². The Hall–Kier alpha value is 0.225. The predicted molar refractivity (Wildman–Crippen MR) is 89.1 cm³/mol. The molecule has 1 unspecified atom stereocenters. The van der Waals surface area contributed by atoms with Crippen LogP contribution in [0.5, 0.6) is 0 Å². The first kappa shape index (κ1) is 14.6. The van der Waals surface area contributed by atoms with Crippen molar-refractivity contribution in [1.82, 2.24) is 4.57 Å². The van der Waals surface area contributed by atoms with Gasteiger partial charge in [0.15, 0.2) is 0 Å². The van der Waals surface area contributed by atoms with Gasteiger partial charge in [-0.05, 0) is 48.6 Å². The van der Waals surface area contributed by atoms with E-state index < -0.39 is 0 Å². The van der Waals surface area contributed by atoms with Crippen molar-refractivity contribution in [3.63, 3.8) is 0 Å². The van der Waals surface area contributed by atoms with Crippen molar-refractivity contribution in [2.24, 2.45) is 0 Å². The minimum absolute atomic E-state index is 0.297. The van der Waals surface area contributed by atoms with E-state index >= 15 is 0 Å². The van der Waals surface area contributed by atoms with Gasteiger partial charge in [-0.25, -0.2) is 0 Å². The van der Waals surface area contributed by atoms with E-state index in [1.807, 2.05) is 0 Å². The van der Waals surface area contributed by atoms with E-state index in [4.69, 9.17) is 16.6 Å². The highest BCUT2D eigenvalue weighted by molar-refractivity contribution is 14.1. The first-order valence-corrected chi connectivity index (χ1v) is 8.31. The second kappa shape index (κ2) is 5.69. The van der Waals surface area contributed by atoms with Crippen LogP contribution in [0, 0.1) is 4.84 Å². The Balaban J connectivity index is 2.45. The summed E-state index contributed by atoms with van der Waals surface area (Å²) >= 11 is 7.97. The topological polar surface area (TPSA) is 18.1 Å². The number of aromatic nitrogens is 1. The molecule has 0 bridgehead atoms. The molecule has 1 aliphatic carbocycles. The number of oxazole rings is 1. The standard InChI is InChI=1S/C13H21BINOS/c1-9(2)16-10-6-4-3-5-7-13(14,15)8-11(10)17-12(16)18/h9H,3-8,14H2,1-2H3. The largest absolute Gasteiger partial charge is 0.434 e. The number of rotatable bonds is 1. The molecule has 0 spiro atoms. The van der Waals surface area contributed by atoms with Crippen LogP contribution in [0.1, 0.15) is 57.0 Å². The Kier molecular flexibility index (Phi) is 4.63. The molecule has 1 aromatic rings. The first-order valence-electron chi connectivity index (χ1n) is 6.83. The molecule has 2 rings (SSSR count). The number of fused-ring (bicyclic) bond motifs is 1. The lowest BCUT2D eigenvalue weighted by molar-refractivity contribution is 0.448. The molecule has 0 aliphatic heterocycles. The molecule has 2 nitrogen and oxygen atoms in total. The summed E-state index contributed by atoms with van der Waals surface area (Å²) < 4.78 is 8.41. The zero-order valence-corrected chi connectivity index (χ0v) is 14.4. The fourth-order valence-corrected chi connectivity index (χ4v) is 3.91. The Morgan fingerprint density at radius 1 is 1.39 bits per heavy atom. The van der Waals surface area contributed by atoms with E-state index in [9.17, 15) is 0 Å². The Morgan fingerprint density at radius 2 is 2.11 bits per heavy atom. The monoisotopic (exact) mass is 377 g/mol. The van der Waals surface area contributed by atoms with Crippen LogP contribution in [0.15, 0.2) is 4.42 Å². The van der Waals surface area contributed by atoms with Crippen molar-refractivity contribution in [1.29, 1.82) is 0 Å². The van der Waals surface area contributed by atoms with E-state index in [2.05, 4.69) is 48.9 Å². The molecule has 1 heterocycles. The summed E-state index contributed by atoms with van der Waals surface area (Å²) in [7, 11) is 2.33. The zero-order valence-electron chi connectivity index (χ0n) is 11.5. The van der Waals surface area contributed by atoms with E-state index in [-0.39, 0.29) is 0 Å². The molecule has 18 heavy (non-hydrogen) atoms. The van der Waals surface area contributed by atoms with Gasteiger partial charge < -0.3 is 8.98 Å². The average molecular weight is 377 g/mol. The molecule has 1 atom stereocenters. The third kappa shape index (κ3) is 3.21. The molecule has 0 saturated carbocycles. The molecule has 0 fully saturated rings. The van der Waals surface area contributed by atoms with Gasteiger partial charge in [0.1, 0.15) is 13.6 Å². The number of nitrogens with zero attached hydrogens (tertiary/aromatic N) is 1. The highest BCUT2D eigenvalue weighted by atomic mass is 127. The highest BCUT2D eigenvalue weighted by Gasteiger charge is 2.27. The van der Waals surface area contributed by atoms with Crippen molar-refractivity contribution >= 4 is 42.7 Å². The fraction of sp³-hybridized carbons (Fsp3) is 0.769. The molecule has 1 aliphatic rings. The number of alkyl halides is 1. The summed E-state index contributed by atoms with van der Waals surface area (Å²) in [5, 5.41) is 0. The second-order valence-electron chi connectivity index (χ2n) is 5.85.